The SMILES string of the molecule is CCc1nc(SC)no1. The zero-order valence-electron chi connectivity index (χ0n) is 5.42. The van der Waals surface area contributed by atoms with Gasteiger partial charge >= 0.3 is 0 Å². The Kier molecular flexibility index (Phi) is 2.10. The molecule has 0 aliphatic heterocycles. The molecule has 4 heteroatoms. The van der Waals surface area contributed by atoms with E-state index in [1.165, 1.54) is 11.8 Å². The van der Waals surface area contributed by atoms with Gasteiger partial charge in [0.1, 0.15) is 0 Å². The minimum atomic E-state index is 0.708. The molecule has 0 aromatic carbocycles. The van der Waals surface area contributed by atoms with E-state index in [4.69, 9.17) is 4.52 Å². The van der Waals surface area contributed by atoms with Crippen LogP contribution in [0.3, 0.4) is 0 Å². The van der Waals surface area contributed by atoms with Crippen LogP contribution in [-0.2, 0) is 6.42 Å². The van der Waals surface area contributed by atoms with Crippen molar-refractivity contribution in [1.29, 1.82) is 0 Å². The first-order valence-corrected chi connectivity index (χ1v) is 3.96. The lowest BCUT2D eigenvalue weighted by Crippen LogP contribution is -1.76. The van der Waals surface area contributed by atoms with Gasteiger partial charge in [0, 0.05) is 6.42 Å². The zero-order valence-corrected chi connectivity index (χ0v) is 6.23. The lowest BCUT2D eigenvalue weighted by atomic mass is 10.5. The Labute approximate surface area is 57.8 Å². The first-order chi connectivity index (χ1) is 4.36. The molecule has 0 saturated heterocycles. The van der Waals surface area contributed by atoms with Crippen LogP contribution in [0.4, 0.5) is 0 Å². The molecule has 9 heavy (non-hydrogen) atoms. The Balaban J connectivity index is 2.74. The smallest absolute Gasteiger partial charge is 0.229 e. The number of aryl methyl sites for hydroxylation is 1. The molecule has 0 saturated carbocycles. The molecule has 1 aromatic heterocycles. The fourth-order valence-corrected chi connectivity index (χ4v) is 0.771. The summed E-state index contributed by atoms with van der Waals surface area (Å²) in [7, 11) is 0. The Morgan fingerprint density at radius 2 is 2.44 bits per heavy atom. The number of nitrogens with zero attached hydrogens (tertiary/aromatic N) is 2. The summed E-state index contributed by atoms with van der Waals surface area (Å²) in [6.45, 7) is 1.98. The summed E-state index contributed by atoms with van der Waals surface area (Å²) >= 11 is 1.49. The summed E-state index contributed by atoms with van der Waals surface area (Å²) in [4.78, 5) is 4.03. The quantitative estimate of drug-likeness (QED) is 0.587. The predicted molar refractivity (Wildman–Crippen MR) is 35.5 cm³/mol. The molecule has 0 radical (unpaired) electrons. The highest BCUT2D eigenvalue weighted by atomic mass is 32.2. The van der Waals surface area contributed by atoms with Crippen molar-refractivity contribution in [2.24, 2.45) is 0 Å². The number of hydrogen-bond acceptors (Lipinski definition) is 4. The van der Waals surface area contributed by atoms with Gasteiger partial charge in [-0.15, -0.1) is 0 Å². The van der Waals surface area contributed by atoms with E-state index in [1.807, 2.05) is 13.2 Å². The summed E-state index contributed by atoms with van der Waals surface area (Å²) < 4.78 is 4.82. The van der Waals surface area contributed by atoms with Crippen LogP contribution in [0.15, 0.2) is 9.68 Å². The number of hydrogen-bond donors (Lipinski definition) is 0. The largest absolute Gasteiger partial charge is 0.338 e. The molecule has 1 rings (SSSR count). The van der Waals surface area contributed by atoms with Gasteiger partial charge in [0.2, 0.25) is 11.0 Å². The van der Waals surface area contributed by atoms with Crippen LogP contribution in [-0.4, -0.2) is 16.4 Å². The van der Waals surface area contributed by atoms with Crippen molar-refractivity contribution >= 4 is 11.8 Å². The number of rotatable bonds is 2. The summed E-state index contributed by atoms with van der Waals surface area (Å²) in [5.41, 5.74) is 0. The highest BCUT2D eigenvalue weighted by Crippen LogP contribution is 2.08. The Morgan fingerprint density at radius 3 is 2.78 bits per heavy atom. The second-order valence-corrected chi connectivity index (χ2v) is 2.30. The van der Waals surface area contributed by atoms with Gasteiger partial charge in [0.15, 0.2) is 0 Å². The molecule has 0 fully saturated rings. The molecule has 0 unspecified atom stereocenters. The summed E-state index contributed by atoms with van der Waals surface area (Å²) in [5.74, 6) is 0.708. The van der Waals surface area contributed by atoms with E-state index in [2.05, 4.69) is 10.1 Å². The van der Waals surface area contributed by atoms with Crippen molar-refractivity contribution < 1.29 is 4.52 Å². The van der Waals surface area contributed by atoms with E-state index in [1.54, 1.807) is 0 Å². The molecule has 0 amide bonds. The van der Waals surface area contributed by atoms with Crippen LogP contribution in [0, 0.1) is 0 Å². The lowest BCUT2D eigenvalue weighted by Gasteiger charge is -1.76. The topological polar surface area (TPSA) is 38.9 Å². The summed E-state index contributed by atoms with van der Waals surface area (Å²) in [6.07, 6.45) is 2.73. The van der Waals surface area contributed by atoms with Crippen molar-refractivity contribution in [2.75, 3.05) is 6.26 Å². The summed E-state index contributed by atoms with van der Waals surface area (Å²) in [6, 6.07) is 0. The van der Waals surface area contributed by atoms with Crippen LogP contribution in [0.25, 0.3) is 0 Å². The third kappa shape index (κ3) is 1.45. The van der Waals surface area contributed by atoms with E-state index < -0.39 is 0 Å². The van der Waals surface area contributed by atoms with E-state index in [-0.39, 0.29) is 0 Å². The average Bonchev–Trinajstić information content (AvgIpc) is 2.34. The fraction of sp³-hybridized carbons (Fsp3) is 0.600. The van der Waals surface area contributed by atoms with Crippen molar-refractivity contribution in [2.45, 2.75) is 18.5 Å². The maximum atomic E-state index is 4.82. The van der Waals surface area contributed by atoms with Gasteiger partial charge in [-0.3, -0.25) is 0 Å². The standard InChI is InChI=1S/C5H8N2OS/c1-3-4-6-5(9-2)7-8-4/h3H2,1-2H3. The van der Waals surface area contributed by atoms with E-state index >= 15 is 0 Å². The maximum Gasteiger partial charge on any atom is 0.229 e. The van der Waals surface area contributed by atoms with Crippen LogP contribution in [0.2, 0.25) is 0 Å². The molecule has 0 spiro atoms. The first kappa shape index (κ1) is 6.61. The molecule has 1 heterocycles. The lowest BCUT2D eigenvalue weighted by molar-refractivity contribution is 0.371. The van der Waals surface area contributed by atoms with Crippen LogP contribution in [0.5, 0.6) is 0 Å². The molecular formula is C5H8N2OS. The molecule has 3 nitrogen and oxygen atoms in total. The zero-order chi connectivity index (χ0) is 6.69. The fourth-order valence-electron chi connectivity index (χ4n) is 0.466. The van der Waals surface area contributed by atoms with Gasteiger partial charge in [-0.1, -0.05) is 23.8 Å². The van der Waals surface area contributed by atoms with Gasteiger partial charge in [-0.05, 0) is 6.26 Å². The van der Waals surface area contributed by atoms with Crippen LogP contribution < -0.4 is 0 Å². The Morgan fingerprint density at radius 1 is 1.67 bits per heavy atom. The Hall–Kier alpha value is -0.510. The van der Waals surface area contributed by atoms with Crippen LogP contribution in [0.1, 0.15) is 12.8 Å². The minimum Gasteiger partial charge on any atom is -0.338 e. The molecule has 1 aromatic rings. The predicted octanol–water partition coefficient (Wildman–Crippen LogP) is 1.35. The van der Waals surface area contributed by atoms with Crippen LogP contribution >= 0.6 is 11.8 Å². The summed E-state index contributed by atoms with van der Waals surface area (Å²) in [5, 5.41) is 4.40. The van der Waals surface area contributed by atoms with E-state index in [0.717, 1.165) is 6.42 Å². The average molecular weight is 144 g/mol. The third-order valence-corrected chi connectivity index (χ3v) is 1.47. The molecule has 0 N–H and O–H groups in total. The molecule has 0 atom stereocenters. The molecule has 0 aliphatic carbocycles. The molecule has 50 valence electrons. The molecular weight excluding hydrogens is 136 g/mol. The van der Waals surface area contributed by atoms with E-state index in [0.29, 0.717) is 11.0 Å². The van der Waals surface area contributed by atoms with Gasteiger partial charge in [-0.2, -0.15) is 4.98 Å². The normalized spacial score (nSPS) is 10.0. The highest BCUT2D eigenvalue weighted by molar-refractivity contribution is 7.98. The van der Waals surface area contributed by atoms with Crippen molar-refractivity contribution in [3.05, 3.63) is 5.89 Å². The van der Waals surface area contributed by atoms with Crippen molar-refractivity contribution in [3.63, 3.8) is 0 Å². The monoisotopic (exact) mass is 144 g/mol. The second kappa shape index (κ2) is 2.87. The number of aromatic nitrogens is 2. The maximum absolute atomic E-state index is 4.82. The van der Waals surface area contributed by atoms with Gasteiger partial charge < -0.3 is 4.52 Å². The first-order valence-electron chi connectivity index (χ1n) is 2.73. The van der Waals surface area contributed by atoms with E-state index in [9.17, 15) is 0 Å². The van der Waals surface area contributed by atoms with Crippen molar-refractivity contribution in [1.82, 2.24) is 10.1 Å². The van der Waals surface area contributed by atoms with Gasteiger partial charge in [0.05, 0.1) is 0 Å². The van der Waals surface area contributed by atoms with Gasteiger partial charge in [0.25, 0.3) is 0 Å². The Bertz CT molecular complexity index is 168. The van der Waals surface area contributed by atoms with Gasteiger partial charge in [-0.25, -0.2) is 0 Å². The number of thioether (sulfide) groups is 1. The second-order valence-electron chi connectivity index (χ2n) is 1.53. The van der Waals surface area contributed by atoms with Crippen molar-refractivity contribution in [3.8, 4) is 0 Å². The third-order valence-electron chi connectivity index (χ3n) is 0.934. The molecule has 0 bridgehead atoms. The minimum absolute atomic E-state index is 0.708. The molecule has 0 aliphatic rings. The highest BCUT2D eigenvalue weighted by Gasteiger charge is 1.99.